The summed E-state index contributed by atoms with van der Waals surface area (Å²) in [4.78, 5) is 0.777. The van der Waals surface area contributed by atoms with Gasteiger partial charge in [-0.25, -0.2) is 0 Å². The standard InChI is InChI=1S/C14H15NOS/c1-16-10-9-15-14(17)13-8-4-6-11-5-2-3-7-12(11)13/h2-8H,9-10H2,1H3,(H,15,17). The zero-order valence-electron chi connectivity index (χ0n) is 9.77. The van der Waals surface area contributed by atoms with Crippen LogP contribution >= 0.6 is 12.2 Å². The Labute approximate surface area is 107 Å². The predicted octanol–water partition coefficient (Wildman–Crippen LogP) is 2.75. The van der Waals surface area contributed by atoms with E-state index in [2.05, 4.69) is 23.5 Å². The second kappa shape index (κ2) is 5.75. The van der Waals surface area contributed by atoms with Gasteiger partial charge in [-0.2, -0.15) is 0 Å². The number of rotatable bonds is 4. The van der Waals surface area contributed by atoms with E-state index < -0.39 is 0 Å². The summed E-state index contributed by atoms with van der Waals surface area (Å²) in [5.74, 6) is 0. The van der Waals surface area contributed by atoms with E-state index in [0.717, 1.165) is 17.1 Å². The molecule has 0 aliphatic carbocycles. The lowest BCUT2D eigenvalue weighted by Gasteiger charge is -2.10. The third-order valence-electron chi connectivity index (χ3n) is 2.63. The summed E-state index contributed by atoms with van der Waals surface area (Å²) in [5.41, 5.74) is 1.08. The first-order valence-electron chi connectivity index (χ1n) is 5.58. The first kappa shape index (κ1) is 12.0. The molecule has 0 spiro atoms. The molecule has 0 aliphatic heterocycles. The Morgan fingerprint density at radius 1 is 1.18 bits per heavy atom. The number of methoxy groups -OCH3 is 1. The van der Waals surface area contributed by atoms with Crippen LogP contribution in [0.1, 0.15) is 5.56 Å². The molecule has 0 radical (unpaired) electrons. The molecule has 17 heavy (non-hydrogen) atoms. The van der Waals surface area contributed by atoms with Gasteiger partial charge in [-0.3, -0.25) is 0 Å². The van der Waals surface area contributed by atoms with E-state index in [-0.39, 0.29) is 0 Å². The van der Waals surface area contributed by atoms with Gasteiger partial charge in [0.15, 0.2) is 0 Å². The Bertz CT molecular complexity index is 519. The molecule has 2 aromatic rings. The van der Waals surface area contributed by atoms with Crippen LogP contribution in [0.25, 0.3) is 10.8 Å². The van der Waals surface area contributed by atoms with Crippen molar-refractivity contribution >= 4 is 28.0 Å². The fraction of sp³-hybridized carbons (Fsp3) is 0.214. The van der Waals surface area contributed by atoms with Crippen LogP contribution in [0.2, 0.25) is 0 Å². The highest BCUT2D eigenvalue weighted by Gasteiger charge is 2.04. The number of ether oxygens (including phenoxy) is 1. The van der Waals surface area contributed by atoms with Gasteiger partial charge in [-0.1, -0.05) is 54.7 Å². The SMILES string of the molecule is COCCNC(=S)c1cccc2ccccc12. The number of hydrogen-bond donors (Lipinski definition) is 1. The molecule has 0 saturated carbocycles. The van der Waals surface area contributed by atoms with Crippen molar-refractivity contribution in [1.29, 1.82) is 0 Å². The van der Waals surface area contributed by atoms with E-state index in [4.69, 9.17) is 17.0 Å². The molecular weight excluding hydrogens is 230 g/mol. The molecule has 0 heterocycles. The first-order valence-corrected chi connectivity index (χ1v) is 5.98. The fourth-order valence-corrected chi connectivity index (χ4v) is 2.07. The number of hydrogen-bond acceptors (Lipinski definition) is 2. The van der Waals surface area contributed by atoms with Crippen LogP contribution in [0.5, 0.6) is 0 Å². The van der Waals surface area contributed by atoms with Crippen LogP contribution in [-0.2, 0) is 4.74 Å². The molecule has 88 valence electrons. The minimum absolute atomic E-state index is 0.658. The van der Waals surface area contributed by atoms with Gasteiger partial charge in [0.05, 0.1) is 6.61 Å². The van der Waals surface area contributed by atoms with E-state index in [1.165, 1.54) is 10.8 Å². The van der Waals surface area contributed by atoms with Crippen LogP contribution in [0, 0.1) is 0 Å². The molecule has 0 bridgehead atoms. The molecule has 2 aromatic carbocycles. The van der Waals surface area contributed by atoms with Gasteiger partial charge >= 0.3 is 0 Å². The molecule has 2 nitrogen and oxygen atoms in total. The van der Waals surface area contributed by atoms with Gasteiger partial charge in [0.25, 0.3) is 0 Å². The molecule has 0 atom stereocenters. The fourth-order valence-electron chi connectivity index (χ4n) is 1.79. The van der Waals surface area contributed by atoms with Gasteiger partial charge in [-0.05, 0) is 10.8 Å². The van der Waals surface area contributed by atoms with Crippen LogP contribution in [0.4, 0.5) is 0 Å². The quantitative estimate of drug-likeness (QED) is 0.661. The third kappa shape index (κ3) is 2.81. The van der Waals surface area contributed by atoms with Crippen LogP contribution in [0.3, 0.4) is 0 Å². The summed E-state index contributed by atoms with van der Waals surface area (Å²) in [6.07, 6.45) is 0. The average molecular weight is 245 g/mol. The number of nitrogens with one attached hydrogen (secondary N) is 1. The summed E-state index contributed by atoms with van der Waals surface area (Å²) in [7, 11) is 1.68. The molecular formula is C14H15NOS. The van der Waals surface area contributed by atoms with Gasteiger partial charge in [0.2, 0.25) is 0 Å². The molecule has 0 unspecified atom stereocenters. The van der Waals surface area contributed by atoms with Crippen LogP contribution < -0.4 is 5.32 Å². The number of fused-ring (bicyclic) bond motifs is 1. The predicted molar refractivity (Wildman–Crippen MR) is 75.5 cm³/mol. The maximum absolute atomic E-state index is 5.39. The lowest BCUT2D eigenvalue weighted by Crippen LogP contribution is -2.26. The van der Waals surface area contributed by atoms with E-state index in [9.17, 15) is 0 Å². The van der Waals surface area contributed by atoms with Crippen molar-refractivity contribution in [2.24, 2.45) is 0 Å². The average Bonchev–Trinajstić information content (AvgIpc) is 2.38. The number of thiocarbonyl (C=S) groups is 1. The highest BCUT2D eigenvalue weighted by atomic mass is 32.1. The van der Waals surface area contributed by atoms with E-state index in [0.29, 0.717) is 6.61 Å². The minimum atomic E-state index is 0.658. The highest BCUT2D eigenvalue weighted by molar-refractivity contribution is 7.80. The van der Waals surface area contributed by atoms with Crippen molar-refractivity contribution in [1.82, 2.24) is 5.32 Å². The topological polar surface area (TPSA) is 21.3 Å². The molecule has 0 amide bonds. The van der Waals surface area contributed by atoms with Crippen LogP contribution in [0.15, 0.2) is 42.5 Å². The Morgan fingerprint density at radius 3 is 2.76 bits per heavy atom. The lowest BCUT2D eigenvalue weighted by molar-refractivity contribution is 0.204. The monoisotopic (exact) mass is 245 g/mol. The molecule has 3 heteroatoms. The molecule has 0 fully saturated rings. The molecule has 0 aliphatic rings. The minimum Gasteiger partial charge on any atom is -0.383 e. The molecule has 1 N–H and O–H groups in total. The largest absolute Gasteiger partial charge is 0.383 e. The second-order valence-electron chi connectivity index (χ2n) is 3.78. The normalized spacial score (nSPS) is 10.4. The summed E-state index contributed by atoms with van der Waals surface area (Å²) >= 11 is 5.39. The van der Waals surface area contributed by atoms with Gasteiger partial charge in [0, 0.05) is 19.2 Å². The van der Waals surface area contributed by atoms with Crippen LogP contribution in [-0.4, -0.2) is 25.2 Å². The molecule has 0 saturated heterocycles. The van der Waals surface area contributed by atoms with Crippen molar-refractivity contribution in [2.45, 2.75) is 0 Å². The van der Waals surface area contributed by atoms with E-state index in [1.54, 1.807) is 7.11 Å². The number of benzene rings is 2. The van der Waals surface area contributed by atoms with Crippen molar-refractivity contribution < 1.29 is 4.74 Å². The summed E-state index contributed by atoms with van der Waals surface area (Å²) in [5, 5.41) is 5.59. The summed E-state index contributed by atoms with van der Waals surface area (Å²) in [6.45, 7) is 1.39. The maximum atomic E-state index is 5.39. The lowest BCUT2D eigenvalue weighted by atomic mass is 10.0. The first-order chi connectivity index (χ1) is 8.33. The smallest absolute Gasteiger partial charge is 0.107 e. The molecule has 2 rings (SSSR count). The van der Waals surface area contributed by atoms with Gasteiger partial charge < -0.3 is 10.1 Å². The Hall–Kier alpha value is -1.45. The summed E-state index contributed by atoms with van der Waals surface area (Å²) < 4.78 is 4.99. The van der Waals surface area contributed by atoms with E-state index >= 15 is 0 Å². The highest BCUT2D eigenvalue weighted by Crippen LogP contribution is 2.18. The van der Waals surface area contributed by atoms with Crippen molar-refractivity contribution in [3.8, 4) is 0 Å². The van der Waals surface area contributed by atoms with Crippen molar-refractivity contribution in [3.63, 3.8) is 0 Å². The Balaban J connectivity index is 2.26. The maximum Gasteiger partial charge on any atom is 0.107 e. The van der Waals surface area contributed by atoms with E-state index in [1.807, 2.05) is 24.3 Å². The Kier molecular flexibility index (Phi) is 4.07. The zero-order valence-corrected chi connectivity index (χ0v) is 10.6. The second-order valence-corrected chi connectivity index (χ2v) is 4.18. The zero-order chi connectivity index (χ0) is 12.1. The van der Waals surface area contributed by atoms with Gasteiger partial charge in [0.1, 0.15) is 4.99 Å². The van der Waals surface area contributed by atoms with Gasteiger partial charge in [-0.15, -0.1) is 0 Å². The molecule has 0 aromatic heterocycles. The van der Waals surface area contributed by atoms with Crippen molar-refractivity contribution in [3.05, 3.63) is 48.0 Å². The third-order valence-corrected chi connectivity index (χ3v) is 2.99. The summed E-state index contributed by atoms with van der Waals surface area (Å²) in [6, 6.07) is 14.4. The Morgan fingerprint density at radius 2 is 1.94 bits per heavy atom. The van der Waals surface area contributed by atoms with Crippen molar-refractivity contribution in [2.75, 3.05) is 20.3 Å².